The van der Waals surface area contributed by atoms with Gasteiger partial charge in [0.25, 0.3) is 5.91 Å². The summed E-state index contributed by atoms with van der Waals surface area (Å²) in [6.07, 6.45) is 0.850. The van der Waals surface area contributed by atoms with Gasteiger partial charge in [-0.1, -0.05) is 37.3 Å². The number of nitrogens with zero attached hydrogens (tertiary/aromatic N) is 4. The second kappa shape index (κ2) is 8.10. The summed E-state index contributed by atoms with van der Waals surface area (Å²) in [6.45, 7) is 3.86. The van der Waals surface area contributed by atoms with E-state index in [0.29, 0.717) is 11.3 Å². The SMILES string of the molecule is CCc1ccccc1OCC(=O)Nc1cccc(-c2ccc3nnc(C)n3n2)c1. The highest BCUT2D eigenvalue weighted by Crippen LogP contribution is 2.22. The highest BCUT2D eigenvalue weighted by molar-refractivity contribution is 5.92. The van der Waals surface area contributed by atoms with Crippen molar-refractivity contribution < 1.29 is 9.53 Å². The Hall–Kier alpha value is -3.74. The monoisotopic (exact) mass is 387 g/mol. The summed E-state index contributed by atoms with van der Waals surface area (Å²) in [6, 6.07) is 19.0. The lowest BCUT2D eigenvalue weighted by molar-refractivity contribution is -0.118. The fourth-order valence-corrected chi connectivity index (χ4v) is 3.08. The molecule has 0 spiro atoms. The molecular weight excluding hydrogens is 366 g/mol. The molecule has 1 amide bonds. The van der Waals surface area contributed by atoms with E-state index in [1.54, 1.807) is 4.52 Å². The third kappa shape index (κ3) is 4.08. The predicted molar refractivity (Wildman–Crippen MR) is 111 cm³/mol. The number of aryl methyl sites for hydroxylation is 2. The molecule has 0 radical (unpaired) electrons. The average molecular weight is 387 g/mol. The van der Waals surface area contributed by atoms with Crippen LogP contribution in [0.25, 0.3) is 16.9 Å². The molecule has 7 nitrogen and oxygen atoms in total. The number of rotatable bonds is 6. The number of anilines is 1. The van der Waals surface area contributed by atoms with Crippen LogP contribution in [0.5, 0.6) is 5.75 Å². The lowest BCUT2D eigenvalue weighted by Crippen LogP contribution is -2.20. The van der Waals surface area contributed by atoms with Crippen LogP contribution in [-0.4, -0.2) is 32.3 Å². The van der Waals surface area contributed by atoms with Crippen LogP contribution in [0.15, 0.2) is 60.7 Å². The van der Waals surface area contributed by atoms with Crippen molar-refractivity contribution >= 4 is 17.2 Å². The lowest BCUT2D eigenvalue weighted by Gasteiger charge is -2.11. The number of ether oxygens (including phenoxy) is 1. The van der Waals surface area contributed by atoms with Crippen LogP contribution in [0.1, 0.15) is 18.3 Å². The minimum absolute atomic E-state index is 0.0502. The number of hydrogen-bond acceptors (Lipinski definition) is 5. The number of benzene rings is 2. The van der Waals surface area contributed by atoms with Gasteiger partial charge in [-0.05, 0) is 49.2 Å². The van der Waals surface area contributed by atoms with Crippen LogP contribution in [0.3, 0.4) is 0 Å². The van der Waals surface area contributed by atoms with Gasteiger partial charge in [-0.3, -0.25) is 4.79 Å². The molecule has 29 heavy (non-hydrogen) atoms. The standard InChI is InChI=1S/C22H21N5O2/c1-3-16-7-4-5-10-20(16)29-14-22(28)23-18-9-6-8-17(13-18)19-11-12-21-25-24-15(2)27(21)26-19/h4-13H,3,14H2,1-2H3,(H,23,28). The fraction of sp³-hybridized carbons (Fsp3) is 0.182. The number of nitrogens with one attached hydrogen (secondary N) is 1. The molecule has 0 saturated carbocycles. The molecule has 0 unspecified atom stereocenters. The maximum absolute atomic E-state index is 12.3. The van der Waals surface area contributed by atoms with Gasteiger partial charge >= 0.3 is 0 Å². The van der Waals surface area contributed by atoms with Gasteiger partial charge in [-0.15, -0.1) is 10.2 Å². The molecule has 4 rings (SSSR count). The molecule has 0 bridgehead atoms. The highest BCUT2D eigenvalue weighted by atomic mass is 16.5. The summed E-state index contributed by atoms with van der Waals surface area (Å²) in [5.74, 6) is 1.24. The molecule has 0 aliphatic carbocycles. The van der Waals surface area contributed by atoms with E-state index in [0.717, 1.165) is 34.8 Å². The Kier molecular flexibility index (Phi) is 5.20. The molecular formula is C22H21N5O2. The molecule has 2 aromatic carbocycles. The molecule has 0 aliphatic heterocycles. The van der Waals surface area contributed by atoms with Crippen LogP contribution in [0, 0.1) is 6.92 Å². The van der Waals surface area contributed by atoms with Crippen LogP contribution in [0.2, 0.25) is 0 Å². The Morgan fingerprint density at radius 2 is 1.93 bits per heavy atom. The van der Waals surface area contributed by atoms with Crippen molar-refractivity contribution in [1.82, 2.24) is 19.8 Å². The molecule has 1 N–H and O–H groups in total. The fourth-order valence-electron chi connectivity index (χ4n) is 3.08. The molecule has 0 saturated heterocycles. The smallest absolute Gasteiger partial charge is 0.262 e. The normalized spacial score (nSPS) is 10.8. The summed E-state index contributed by atoms with van der Waals surface area (Å²) >= 11 is 0. The zero-order chi connectivity index (χ0) is 20.2. The Morgan fingerprint density at radius 3 is 2.79 bits per heavy atom. The van der Waals surface area contributed by atoms with E-state index in [9.17, 15) is 4.79 Å². The molecule has 0 aliphatic rings. The minimum atomic E-state index is -0.217. The van der Waals surface area contributed by atoms with Gasteiger partial charge in [0.1, 0.15) is 5.75 Å². The number of hydrogen-bond donors (Lipinski definition) is 1. The van der Waals surface area contributed by atoms with Crippen molar-refractivity contribution in [3.8, 4) is 17.0 Å². The van der Waals surface area contributed by atoms with Gasteiger partial charge in [-0.2, -0.15) is 9.61 Å². The van der Waals surface area contributed by atoms with E-state index < -0.39 is 0 Å². The quantitative estimate of drug-likeness (QED) is 0.546. The largest absolute Gasteiger partial charge is 0.483 e. The molecule has 4 aromatic rings. The van der Waals surface area contributed by atoms with E-state index in [1.165, 1.54) is 0 Å². The second-order valence-electron chi connectivity index (χ2n) is 6.61. The van der Waals surface area contributed by atoms with Gasteiger partial charge in [0, 0.05) is 11.3 Å². The summed E-state index contributed by atoms with van der Waals surface area (Å²) in [5.41, 5.74) is 4.11. The Bertz CT molecular complexity index is 1170. The Balaban J connectivity index is 1.46. The lowest BCUT2D eigenvalue weighted by atomic mass is 10.1. The van der Waals surface area contributed by atoms with Crippen molar-refractivity contribution in [3.05, 3.63) is 72.1 Å². The first-order valence-corrected chi connectivity index (χ1v) is 9.44. The number of aromatic nitrogens is 4. The zero-order valence-corrected chi connectivity index (χ0v) is 16.3. The third-order valence-corrected chi connectivity index (χ3v) is 4.57. The second-order valence-corrected chi connectivity index (χ2v) is 6.61. The molecule has 7 heteroatoms. The average Bonchev–Trinajstić information content (AvgIpc) is 3.13. The maximum Gasteiger partial charge on any atom is 0.262 e. The van der Waals surface area contributed by atoms with E-state index in [4.69, 9.17) is 4.74 Å². The van der Waals surface area contributed by atoms with Crippen LogP contribution >= 0.6 is 0 Å². The first kappa shape index (κ1) is 18.6. The van der Waals surface area contributed by atoms with E-state index >= 15 is 0 Å². The predicted octanol–water partition coefficient (Wildman–Crippen LogP) is 3.68. The molecule has 0 fully saturated rings. The highest BCUT2D eigenvalue weighted by Gasteiger charge is 2.09. The minimum Gasteiger partial charge on any atom is -0.483 e. The van der Waals surface area contributed by atoms with Gasteiger partial charge in [0.05, 0.1) is 5.69 Å². The van der Waals surface area contributed by atoms with E-state index in [2.05, 4.69) is 27.5 Å². The number of fused-ring (bicyclic) bond motifs is 1. The molecule has 2 heterocycles. The maximum atomic E-state index is 12.3. The molecule has 146 valence electrons. The summed E-state index contributed by atoms with van der Waals surface area (Å²) in [5, 5.41) is 15.5. The first-order chi connectivity index (χ1) is 14.1. The van der Waals surface area contributed by atoms with Crippen LogP contribution in [0.4, 0.5) is 5.69 Å². The van der Waals surface area contributed by atoms with Crippen molar-refractivity contribution in [3.63, 3.8) is 0 Å². The third-order valence-electron chi connectivity index (χ3n) is 4.57. The molecule has 2 aromatic heterocycles. The topological polar surface area (TPSA) is 81.4 Å². The van der Waals surface area contributed by atoms with Crippen LogP contribution < -0.4 is 10.1 Å². The van der Waals surface area contributed by atoms with Crippen molar-refractivity contribution in [2.45, 2.75) is 20.3 Å². The van der Waals surface area contributed by atoms with Crippen molar-refractivity contribution in [2.24, 2.45) is 0 Å². The number of para-hydroxylation sites is 1. The van der Waals surface area contributed by atoms with Crippen molar-refractivity contribution in [2.75, 3.05) is 11.9 Å². The Labute approximate surface area is 168 Å². The molecule has 0 atom stereocenters. The van der Waals surface area contributed by atoms with E-state index in [1.807, 2.05) is 67.6 Å². The Morgan fingerprint density at radius 1 is 1.07 bits per heavy atom. The van der Waals surface area contributed by atoms with Gasteiger partial charge < -0.3 is 10.1 Å². The van der Waals surface area contributed by atoms with Crippen LogP contribution in [-0.2, 0) is 11.2 Å². The number of carbonyl (C=O) groups is 1. The van der Waals surface area contributed by atoms with E-state index in [-0.39, 0.29) is 12.5 Å². The first-order valence-electron chi connectivity index (χ1n) is 9.44. The zero-order valence-electron chi connectivity index (χ0n) is 16.3. The van der Waals surface area contributed by atoms with Gasteiger partial charge in [0.2, 0.25) is 0 Å². The summed E-state index contributed by atoms with van der Waals surface area (Å²) in [7, 11) is 0. The van der Waals surface area contributed by atoms with Gasteiger partial charge in [0.15, 0.2) is 18.1 Å². The van der Waals surface area contributed by atoms with Gasteiger partial charge in [-0.25, -0.2) is 0 Å². The van der Waals surface area contributed by atoms with Crippen molar-refractivity contribution in [1.29, 1.82) is 0 Å². The summed E-state index contributed by atoms with van der Waals surface area (Å²) in [4.78, 5) is 12.3. The number of carbonyl (C=O) groups excluding carboxylic acids is 1. The number of amides is 1. The summed E-state index contributed by atoms with van der Waals surface area (Å²) < 4.78 is 7.38.